The molecule has 3 nitrogen and oxygen atoms in total. The lowest BCUT2D eigenvalue weighted by Gasteiger charge is -2.09. The normalized spacial score (nSPS) is 10.2. The van der Waals surface area contributed by atoms with Gasteiger partial charge in [0.2, 0.25) is 0 Å². The van der Waals surface area contributed by atoms with Crippen LogP contribution in [-0.4, -0.2) is 9.97 Å². The zero-order valence-corrected chi connectivity index (χ0v) is 12.2. The van der Waals surface area contributed by atoms with Gasteiger partial charge in [-0.25, -0.2) is 4.39 Å². The minimum Gasteiger partial charge on any atom is -0.487 e. The first-order chi connectivity index (χ1) is 9.08. The number of hydrogen-bond donors (Lipinski definition) is 1. The van der Waals surface area contributed by atoms with Crippen molar-refractivity contribution in [3.8, 4) is 5.75 Å². The van der Waals surface area contributed by atoms with Gasteiger partial charge in [-0.1, -0.05) is 24.4 Å². The van der Waals surface area contributed by atoms with Crippen molar-refractivity contribution >= 4 is 33.1 Å². The van der Waals surface area contributed by atoms with E-state index in [-0.39, 0.29) is 17.2 Å². The Morgan fingerprint density at radius 3 is 2.89 bits per heavy atom. The van der Waals surface area contributed by atoms with Crippen LogP contribution in [0, 0.1) is 5.82 Å². The van der Waals surface area contributed by atoms with E-state index in [1.807, 2.05) is 0 Å². The van der Waals surface area contributed by atoms with Crippen LogP contribution in [0.5, 0.6) is 5.75 Å². The van der Waals surface area contributed by atoms with Gasteiger partial charge in [0.25, 0.3) is 0 Å². The predicted molar refractivity (Wildman–Crippen MR) is 78.6 cm³/mol. The topological polar surface area (TPSA) is 48.1 Å². The lowest BCUT2D eigenvalue weighted by molar-refractivity contribution is 0.298. The molecule has 0 radical (unpaired) electrons. The minimum absolute atomic E-state index is 0.0310. The number of pyridine rings is 1. The van der Waals surface area contributed by atoms with E-state index in [2.05, 4.69) is 20.9 Å². The summed E-state index contributed by atoms with van der Waals surface area (Å²) in [6.07, 6.45) is 3.20. The molecule has 0 bridgehead atoms. The van der Waals surface area contributed by atoms with Crippen LogP contribution in [0.1, 0.15) is 11.1 Å². The van der Waals surface area contributed by atoms with E-state index in [0.717, 1.165) is 4.47 Å². The Labute approximate surface area is 123 Å². The number of halogens is 2. The first-order valence-electron chi connectivity index (χ1n) is 5.38. The molecule has 1 aromatic heterocycles. The zero-order valence-electron chi connectivity index (χ0n) is 9.77. The van der Waals surface area contributed by atoms with E-state index < -0.39 is 5.82 Å². The summed E-state index contributed by atoms with van der Waals surface area (Å²) in [5.41, 5.74) is 6.06. The van der Waals surface area contributed by atoms with Crippen molar-refractivity contribution in [3.05, 3.63) is 58.1 Å². The monoisotopic (exact) mass is 340 g/mol. The highest BCUT2D eigenvalue weighted by Gasteiger charge is 2.10. The number of benzene rings is 1. The van der Waals surface area contributed by atoms with E-state index in [1.165, 1.54) is 0 Å². The van der Waals surface area contributed by atoms with Gasteiger partial charge in [-0.2, -0.15) is 0 Å². The van der Waals surface area contributed by atoms with Crippen LogP contribution in [0.2, 0.25) is 0 Å². The molecule has 0 aliphatic rings. The smallest absolute Gasteiger partial charge is 0.139 e. The summed E-state index contributed by atoms with van der Waals surface area (Å²) >= 11 is 8.07. The first kappa shape index (κ1) is 13.9. The van der Waals surface area contributed by atoms with Crippen molar-refractivity contribution in [2.75, 3.05) is 0 Å². The number of aromatic nitrogens is 1. The van der Waals surface area contributed by atoms with Gasteiger partial charge >= 0.3 is 0 Å². The maximum absolute atomic E-state index is 14.0. The number of hydrogen-bond acceptors (Lipinski definition) is 3. The number of thiocarbonyl (C=S) groups is 1. The molecule has 0 atom stereocenters. The fourth-order valence-electron chi connectivity index (χ4n) is 1.51. The Kier molecular flexibility index (Phi) is 4.44. The Balaban J connectivity index is 2.16. The third kappa shape index (κ3) is 3.48. The van der Waals surface area contributed by atoms with Gasteiger partial charge in [-0.05, 0) is 28.1 Å². The number of ether oxygens (including phenoxy) is 1. The lowest BCUT2D eigenvalue weighted by Crippen LogP contribution is -2.13. The van der Waals surface area contributed by atoms with Gasteiger partial charge in [-0.3, -0.25) is 4.98 Å². The number of nitrogens with two attached hydrogens (primary N) is 1. The molecule has 1 aromatic carbocycles. The van der Waals surface area contributed by atoms with Crippen molar-refractivity contribution in [1.29, 1.82) is 0 Å². The number of nitrogens with zero attached hydrogens (tertiary/aromatic N) is 1. The van der Waals surface area contributed by atoms with Gasteiger partial charge < -0.3 is 10.5 Å². The molecule has 0 aliphatic heterocycles. The van der Waals surface area contributed by atoms with Crippen LogP contribution in [0.4, 0.5) is 4.39 Å². The summed E-state index contributed by atoms with van der Waals surface area (Å²) in [4.78, 5) is 3.99. The first-order valence-corrected chi connectivity index (χ1v) is 6.58. The van der Waals surface area contributed by atoms with Gasteiger partial charge in [0.15, 0.2) is 0 Å². The molecule has 0 amide bonds. The summed E-state index contributed by atoms with van der Waals surface area (Å²) in [6, 6.07) is 6.61. The lowest BCUT2D eigenvalue weighted by atomic mass is 10.1. The molecule has 1 heterocycles. The van der Waals surface area contributed by atoms with Crippen LogP contribution >= 0.6 is 28.1 Å². The van der Waals surface area contributed by atoms with Gasteiger partial charge in [0.1, 0.15) is 23.2 Å². The van der Waals surface area contributed by atoms with Crippen molar-refractivity contribution in [2.45, 2.75) is 6.61 Å². The third-order valence-corrected chi connectivity index (χ3v) is 3.07. The second kappa shape index (κ2) is 6.08. The molecule has 98 valence electrons. The van der Waals surface area contributed by atoms with Gasteiger partial charge in [0, 0.05) is 21.8 Å². The fraction of sp³-hybridized carbons (Fsp3) is 0.0769. The van der Waals surface area contributed by atoms with Crippen LogP contribution in [0.25, 0.3) is 0 Å². The highest BCUT2D eigenvalue weighted by atomic mass is 79.9. The van der Waals surface area contributed by atoms with E-state index in [9.17, 15) is 4.39 Å². The third-order valence-electron chi connectivity index (χ3n) is 2.42. The van der Waals surface area contributed by atoms with E-state index in [4.69, 9.17) is 22.7 Å². The summed E-state index contributed by atoms with van der Waals surface area (Å²) in [5, 5.41) is 0. The molecule has 19 heavy (non-hydrogen) atoms. The Hall–Kier alpha value is -1.53. The Bertz CT molecular complexity index is 621. The van der Waals surface area contributed by atoms with Gasteiger partial charge in [0.05, 0.1) is 6.20 Å². The SMILES string of the molecule is NC(=S)c1cccc(COc2cncc(Br)c2)c1F. The maximum atomic E-state index is 14.0. The molecular weight excluding hydrogens is 331 g/mol. The molecule has 0 aliphatic carbocycles. The fourth-order valence-corrected chi connectivity index (χ4v) is 2.02. The quantitative estimate of drug-likeness (QED) is 0.868. The maximum Gasteiger partial charge on any atom is 0.139 e. The van der Waals surface area contributed by atoms with Crippen molar-refractivity contribution < 1.29 is 9.13 Å². The molecule has 2 N–H and O–H groups in total. The summed E-state index contributed by atoms with van der Waals surface area (Å²) in [7, 11) is 0. The molecule has 2 aromatic rings. The second-order valence-electron chi connectivity index (χ2n) is 3.77. The van der Waals surface area contributed by atoms with Gasteiger partial charge in [-0.15, -0.1) is 0 Å². The Morgan fingerprint density at radius 1 is 1.42 bits per heavy atom. The average molecular weight is 341 g/mol. The molecule has 0 spiro atoms. The zero-order chi connectivity index (χ0) is 13.8. The van der Waals surface area contributed by atoms with Crippen molar-refractivity contribution in [1.82, 2.24) is 4.98 Å². The largest absolute Gasteiger partial charge is 0.487 e. The summed E-state index contributed by atoms with van der Waals surface area (Å²) in [6.45, 7) is 0.0837. The molecule has 2 rings (SSSR count). The highest BCUT2D eigenvalue weighted by molar-refractivity contribution is 9.10. The van der Waals surface area contributed by atoms with E-state index in [0.29, 0.717) is 11.3 Å². The number of rotatable bonds is 4. The van der Waals surface area contributed by atoms with Crippen LogP contribution < -0.4 is 10.5 Å². The molecule has 0 saturated heterocycles. The van der Waals surface area contributed by atoms with Crippen LogP contribution in [0.15, 0.2) is 41.1 Å². The Morgan fingerprint density at radius 2 is 2.21 bits per heavy atom. The molecule has 0 unspecified atom stereocenters. The van der Waals surface area contributed by atoms with Crippen LogP contribution in [-0.2, 0) is 6.61 Å². The van der Waals surface area contributed by atoms with E-state index >= 15 is 0 Å². The molecule has 6 heteroatoms. The van der Waals surface area contributed by atoms with Crippen molar-refractivity contribution in [2.24, 2.45) is 5.73 Å². The van der Waals surface area contributed by atoms with E-state index in [1.54, 1.807) is 36.7 Å². The summed E-state index contributed by atoms with van der Waals surface area (Å²) in [5.74, 6) is 0.104. The molecular formula is C13H10BrFN2OS. The molecule has 0 fully saturated rings. The average Bonchev–Trinajstić information content (AvgIpc) is 2.37. The predicted octanol–water partition coefficient (Wildman–Crippen LogP) is 3.20. The van der Waals surface area contributed by atoms with Crippen molar-refractivity contribution in [3.63, 3.8) is 0 Å². The molecule has 0 saturated carbocycles. The highest BCUT2D eigenvalue weighted by Crippen LogP contribution is 2.19. The second-order valence-corrected chi connectivity index (χ2v) is 5.13. The minimum atomic E-state index is -0.446. The summed E-state index contributed by atoms with van der Waals surface area (Å²) < 4.78 is 20.3. The van der Waals surface area contributed by atoms with Crippen LogP contribution in [0.3, 0.4) is 0 Å². The standard InChI is InChI=1S/C13H10BrFN2OS/c14-9-4-10(6-17-5-9)18-7-8-2-1-3-11(12(8)15)13(16)19/h1-6H,7H2,(H2,16,19).